The summed E-state index contributed by atoms with van der Waals surface area (Å²) in [5.74, 6) is 0.349. The Balaban J connectivity index is 1.42. The maximum Gasteiger partial charge on any atom is 0.225 e. The molecule has 5 heteroatoms. The van der Waals surface area contributed by atoms with E-state index in [2.05, 4.69) is 19.1 Å². The highest BCUT2D eigenvalue weighted by Crippen LogP contribution is 2.29. The van der Waals surface area contributed by atoms with Gasteiger partial charge in [-0.2, -0.15) is 0 Å². The molecule has 1 aliphatic heterocycles. The standard InChI is InChI=1S/C22H34N2O3/c1-2-14-26-21-15-18(8-9-20(21)23)22(25)24-12-10-19(11-13-24)27-16-17-6-4-3-5-7-17/h3-7,18-21H,2,8-16,23H2,1H3/t18-,20+,21+/m0/s1. The molecular weight excluding hydrogens is 340 g/mol. The van der Waals surface area contributed by atoms with E-state index in [4.69, 9.17) is 15.2 Å². The van der Waals surface area contributed by atoms with E-state index >= 15 is 0 Å². The van der Waals surface area contributed by atoms with Crippen LogP contribution in [0.1, 0.15) is 51.0 Å². The lowest BCUT2D eigenvalue weighted by Gasteiger charge is -2.38. The van der Waals surface area contributed by atoms with Gasteiger partial charge in [-0.05, 0) is 44.1 Å². The van der Waals surface area contributed by atoms with Crippen LogP contribution in [0.15, 0.2) is 30.3 Å². The van der Waals surface area contributed by atoms with Crippen LogP contribution in [-0.2, 0) is 20.9 Å². The summed E-state index contributed by atoms with van der Waals surface area (Å²) in [4.78, 5) is 15.0. The predicted molar refractivity (Wildman–Crippen MR) is 106 cm³/mol. The Bertz CT molecular complexity index is 572. The summed E-state index contributed by atoms with van der Waals surface area (Å²) in [5.41, 5.74) is 7.40. The molecule has 0 spiro atoms. The molecule has 27 heavy (non-hydrogen) atoms. The minimum atomic E-state index is 0.0272. The third-order valence-electron chi connectivity index (χ3n) is 5.81. The van der Waals surface area contributed by atoms with Gasteiger partial charge in [0.05, 0.1) is 18.8 Å². The molecule has 0 bridgehead atoms. The predicted octanol–water partition coefficient (Wildman–Crippen LogP) is 3.12. The highest BCUT2D eigenvalue weighted by molar-refractivity contribution is 5.79. The largest absolute Gasteiger partial charge is 0.377 e. The highest BCUT2D eigenvalue weighted by atomic mass is 16.5. The first-order valence-electron chi connectivity index (χ1n) is 10.5. The van der Waals surface area contributed by atoms with Crippen molar-refractivity contribution in [2.24, 2.45) is 11.7 Å². The van der Waals surface area contributed by atoms with E-state index in [9.17, 15) is 4.79 Å². The van der Waals surface area contributed by atoms with Crippen molar-refractivity contribution in [3.63, 3.8) is 0 Å². The normalized spacial score (nSPS) is 26.9. The molecule has 3 atom stereocenters. The van der Waals surface area contributed by atoms with E-state index in [1.165, 1.54) is 5.56 Å². The SMILES string of the molecule is CCCO[C@@H]1C[C@@H](C(=O)N2CCC(OCc3ccccc3)CC2)CC[C@H]1N. The lowest BCUT2D eigenvalue weighted by Crippen LogP contribution is -2.49. The molecule has 150 valence electrons. The molecule has 2 fully saturated rings. The minimum Gasteiger partial charge on any atom is -0.377 e. The van der Waals surface area contributed by atoms with Gasteiger partial charge in [0.15, 0.2) is 0 Å². The number of hydrogen-bond acceptors (Lipinski definition) is 4. The molecule has 5 nitrogen and oxygen atoms in total. The van der Waals surface area contributed by atoms with Crippen molar-refractivity contribution in [3.05, 3.63) is 35.9 Å². The lowest BCUT2D eigenvalue weighted by atomic mass is 9.83. The molecule has 2 N–H and O–H groups in total. The molecule has 1 saturated carbocycles. The Kier molecular flexibility index (Phi) is 7.68. The third-order valence-corrected chi connectivity index (χ3v) is 5.81. The van der Waals surface area contributed by atoms with Gasteiger partial charge in [0.2, 0.25) is 5.91 Å². The number of likely N-dealkylation sites (tertiary alicyclic amines) is 1. The Hall–Kier alpha value is -1.43. The number of ether oxygens (including phenoxy) is 2. The summed E-state index contributed by atoms with van der Waals surface area (Å²) in [6.45, 7) is 5.06. The molecule has 1 aliphatic carbocycles. The van der Waals surface area contributed by atoms with Gasteiger partial charge in [0.25, 0.3) is 0 Å². The number of rotatable bonds is 7. The molecule has 3 rings (SSSR count). The van der Waals surface area contributed by atoms with Gasteiger partial charge in [-0.25, -0.2) is 0 Å². The van der Waals surface area contributed by atoms with Crippen LogP contribution in [0.4, 0.5) is 0 Å². The van der Waals surface area contributed by atoms with Crippen molar-refractivity contribution >= 4 is 5.91 Å². The van der Waals surface area contributed by atoms with E-state index < -0.39 is 0 Å². The van der Waals surface area contributed by atoms with Crippen molar-refractivity contribution in [1.82, 2.24) is 4.90 Å². The molecule has 2 aliphatic rings. The highest BCUT2D eigenvalue weighted by Gasteiger charge is 2.35. The first kappa shape index (κ1) is 20.3. The quantitative estimate of drug-likeness (QED) is 0.796. The molecule has 1 saturated heterocycles. The van der Waals surface area contributed by atoms with Gasteiger partial charge >= 0.3 is 0 Å². The van der Waals surface area contributed by atoms with Gasteiger partial charge in [0.1, 0.15) is 0 Å². The zero-order valence-corrected chi connectivity index (χ0v) is 16.5. The number of hydrogen-bond donors (Lipinski definition) is 1. The average molecular weight is 375 g/mol. The first-order valence-corrected chi connectivity index (χ1v) is 10.5. The van der Waals surface area contributed by atoms with E-state index in [0.29, 0.717) is 6.61 Å². The van der Waals surface area contributed by atoms with Crippen LogP contribution < -0.4 is 5.73 Å². The number of carbonyl (C=O) groups is 1. The zero-order chi connectivity index (χ0) is 19.1. The maximum atomic E-state index is 13.0. The number of nitrogens with two attached hydrogens (primary N) is 1. The zero-order valence-electron chi connectivity index (χ0n) is 16.5. The summed E-state index contributed by atoms with van der Waals surface area (Å²) in [5, 5.41) is 0. The summed E-state index contributed by atoms with van der Waals surface area (Å²) in [6.07, 6.45) is 5.62. The van der Waals surface area contributed by atoms with Crippen molar-refractivity contribution in [3.8, 4) is 0 Å². The first-order chi connectivity index (χ1) is 13.2. The average Bonchev–Trinajstić information content (AvgIpc) is 2.72. The second-order valence-electron chi connectivity index (χ2n) is 7.90. The number of piperidine rings is 1. The summed E-state index contributed by atoms with van der Waals surface area (Å²) >= 11 is 0. The van der Waals surface area contributed by atoms with E-state index in [1.807, 2.05) is 23.1 Å². The lowest BCUT2D eigenvalue weighted by molar-refractivity contribution is -0.141. The third kappa shape index (κ3) is 5.77. The van der Waals surface area contributed by atoms with Crippen LogP contribution in [0, 0.1) is 5.92 Å². The second-order valence-corrected chi connectivity index (χ2v) is 7.90. The second kappa shape index (κ2) is 10.2. The Morgan fingerprint density at radius 2 is 1.85 bits per heavy atom. The van der Waals surface area contributed by atoms with Crippen LogP contribution in [0.3, 0.4) is 0 Å². The molecule has 0 aromatic heterocycles. The van der Waals surface area contributed by atoms with Crippen LogP contribution in [0.25, 0.3) is 0 Å². The van der Waals surface area contributed by atoms with Crippen LogP contribution >= 0.6 is 0 Å². The number of carbonyl (C=O) groups excluding carboxylic acids is 1. The number of benzene rings is 1. The van der Waals surface area contributed by atoms with Gasteiger partial charge < -0.3 is 20.1 Å². The van der Waals surface area contributed by atoms with Gasteiger partial charge in [-0.3, -0.25) is 4.79 Å². The Morgan fingerprint density at radius 1 is 1.11 bits per heavy atom. The van der Waals surface area contributed by atoms with Gasteiger partial charge in [-0.15, -0.1) is 0 Å². The fourth-order valence-electron chi connectivity index (χ4n) is 4.13. The van der Waals surface area contributed by atoms with Gasteiger partial charge in [-0.1, -0.05) is 37.3 Å². The maximum absolute atomic E-state index is 13.0. The van der Waals surface area contributed by atoms with Crippen molar-refractivity contribution in [2.45, 2.75) is 70.3 Å². The van der Waals surface area contributed by atoms with E-state index in [0.717, 1.165) is 58.2 Å². The number of nitrogens with zero attached hydrogens (tertiary/aromatic N) is 1. The summed E-state index contributed by atoms with van der Waals surface area (Å²) in [7, 11) is 0. The molecular formula is C22H34N2O3. The van der Waals surface area contributed by atoms with E-state index in [1.54, 1.807) is 0 Å². The molecule has 1 heterocycles. The van der Waals surface area contributed by atoms with Crippen molar-refractivity contribution in [2.75, 3.05) is 19.7 Å². The fourth-order valence-corrected chi connectivity index (χ4v) is 4.13. The Morgan fingerprint density at radius 3 is 2.56 bits per heavy atom. The van der Waals surface area contributed by atoms with Crippen LogP contribution in [0.2, 0.25) is 0 Å². The summed E-state index contributed by atoms with van der Waals surface area (Å²) in [6, 6.07) is 10.3. The molecule has 1 aromatic carbocycles. The number of amides is 1. The molecule has 1 amide bonds. The van der Waals surface area contributed by atoms with Crippen molar-refractivity contribution in [1.29, 1.82) is 0 Å². The van der Waals surface area contributed by atoms with Crippen LogP contribution in [0.5, 0.6) is 0 Å². The van der Waals surface area contributed by atoms with Gasteiger partial charge in [0, 0.05) is 31.7 Å². The minimum absolute atomic E-state index is 0.0272. The smallest absolute Gasteiger partial charge is 0.225 e. The summed E-state index contributed by atoms with van der Waals surface area (Å²) < 4.78 is 11.9. The van der Waals surface area contributed by atoms with E-state index in [-0.39, 0.29) is 30.1 Å². The Labute approximate surface area is 163 Å². The fraction of sp³-hybridized carbons (Fsp3) is 0.682. The van der Waals surface area contributed by atoms with Crippen LogP contribution in [-0.4, -0.2) is 48.8 Å². The molecule has 0 radical (unpaired) electrons. The van der Waals surface area contributed by atoms with Crippen molar-refractivity contribution < 1.29 is 14.3 Å². The molecule has 1 aromatic rings. The monoisotopic (exact) mass is 374 g/mol. The topological polar surface area (TPSA) is 64.8 Å². The molecule has 0 unspecified atom stereocenters.